The largest absolute Gasteiger partial charge is 1.00 e. The third kappa shape index (κ3) is 2.94. The number of fused-ring (bicyclic) bond motifs is 1. The summed E-state index contributed by atoms with van der Waals surface area (Å²) in [5.74, 6) is -1.05. The maximum atomic E-state index is 12.0. The predicted molar refractivity (Wildman–Crippen MR) is 55.1 cm³/mol. The number of nitrogens with zero attached hydrogens (tertiary/aromatic N) is 4. The molecule has 0 radical (unpaired) electrons. The molecule has 0 aliphatic carbocycles. The second-order valence-electron chi connectivity index (χ2n) is 3.43. The van der Waals surface area contributed by atoms with Crippen LogP contribution in [0.2, 0.25) is 0 Å². The molecule has 0 saturated heterocycles. The van der Waals surface area contributed by atoms with Gasteiger partial charge >= 0.3 is 59.1 Å². The molecule has 0 unspecified atom stereocenters. The summed E-state index contributed by atoms with van der Waals surface area (Å²) in [5, 5.41) is 27.5. The smallest absolute Gasteiger partial charge is 0.858 e. The average Bonchev–Trinajstić information content (AvgIpc) is 2.78. The first-order chi connectivity index (χ1) is 8.27. The minimum atomic E-state index is -0.582. The summed E-state index contributed by atoms with van der Waals surface area (Å²) in [6, 6.07) is 8.67. The third-order valence-electron chi connectivity index (χ3n) is 2.41. The van der Waals surface area contributed by atoms with E-state index >= 15 is 0 Å². The van der Waals surface area contributed by atoms with Crippen LogP contribution in [0.25, 0.3) is 16.9 Å². The molecule has 0 aliphatic rings. The van der Waals surface area contributed by atoms with Crippen molar-refractivity contribution >= 4 is 5.78 Å². The molecule has 0 spiro atoms. The summed E-state index contributed by atoms with van der Waals surface area (Å²) in [7, 11) is 0. The van der Waals surface area contributed by atoms with Gasteiger partial charge in [0.2, 0.25) is 0 Å². The van der Waals surface area contributed by atoms with E-state index in [0.29, 0.717) is 5.56 Å². The third-order valence-corrected chi connectivity index (χ3v) is 2.41. The van der Waals surface area contributed by atoms with E-state index in [1.54, 1.807) is 30.3 Å². The number of hydrogen-bond acceptors (Lipinski definition) is 5. The van der Waals surface area contributed by atoms with Gasteiger partial charge < -0.3 is 10.2 Å². The minimum Gasteiger partial charge on any atom is -0.858 e. The van der Waals surface area contributed by atoms with Crippen molar-refractivity contribution in [2.24, 2.45) is 0 Å². The maximum absolute atomic E-state index is 12.0. The molecule has 0 aliphatic heterocycles. The van der Waals surface area contributed by atoms with Crippen LogP contribution in [0.5, 0.6) is 11.8 Å². The van der Waals surface area contributed by atoms with Crippen LogP contribution < -0.4 is 69.3 Å². The van der Waals surface area contributed by atoms with Crippen molar-refractivity contribution in [1.82, 2.24) is 19.6 Å². The van der Waals surface area contributed by atoms with Crippen LogP contribution in [-0.4, -0.2) is 19.6 Å². The van der Waals surface area contributed by atoms with Gasteiger partial charge in [-0.15, -0.1) is 0 Å². The molecule has 19 heavy (non-hydrogen) atoms. The molecule has 2 aromatic heterocycles. The van der Waals surface area contributed by atoms with E-state index in [1.165, 1.54) is 6.33 Å². The van der Waals surface area contributed by atoms with Crippen molar-refractivity contribution < 1.29 is 69.3 Å². The van der Waals surface area contributed by atoms with Crippen molar-refractivity contribution in [2.75, 3.05) is 0 Å². The zero-order valence-corrected chi connectivity index (χ0v) is 14.6. The van der Waals surface area contributed by atoms with E-state index < -0.39 is 11.8 Å². The fourth-order valence-electron chi connectivity index (χ4n) is 1.65. The van der Waals surface area contributed by atoms with Crippen LogP contribution in [0.3, 0.4) is 0 Å². The summed E-state index contributed by atoms with van der Waals surface area (Å²) in [4.78, 5) is 7.42. The van der Waals surface area contributed by atoms with Gasteiger partial charge in [0.1, 0.15) is 6.33 Å². The van der Waals surface area contributed by atoms with Crippen LogP contribution in [0.1, 0.15) is 0 Å². The minimum absolute atomic E-state index is 0. The van der Waals surface area contributed by atoms with E-state index in [4.69, 9.17) is 0 Å². The summed E-state index contributed by atoms with van der Waals surface area (Å²) < 4.78 is 1.02. The van der Waals surface area contributed by atoms with Crippen molar-refractivity contribution in [2.45, 2.75) is 0 Å². The van der Waals surface area contributed by atoms with Gasteiger partial charge in [0.25, 0.3) is 5.78 Å². The first-order valence-electron chi connectivity index (χ1n) is 4.90. The Balaban J connectivity index is 0.000000902. The molecule has 0 atom stereocenters. The molecule has 84 valence electrons. The second kappa shape index (κ2) is 6.69. The topological polar surface area (TPSA) is 89.2 Å². The Labute approximate surface area is 153 Å². The molecule has 0 amide bonds. The molecule has 3 rings (SSSR count). The van der Waals surface area contributed by atoms with Gasteiger partial charge in [-0.25, -0.2) is 9.50 Å². The van der Waals surface area contributed by atoms with Crippen molar-refractivity contribution in [3.63, 3.8) is 0 Å². The first-order valence-corrected chi connectivity index (χ1v) is 4.90. The van der Waals surface area contributed by atoms with Gasteiger partial charge in [0.15, 0.2) is 0 Å². The zero-order valence-electron chi connectivity index (χ0n) is 10.6. The Bertz CT molecular complexity index is 688. The summed E-state index contributed by atoms with van der Waals surface area (Å²) in [6.45, 7) is 0. The standard InChI is InChI=1S/C11H8N4O2.2Na/c16-9-8(7-4-2-1-3-5-7)10(17)15-11(14-9)12-6-13-15;;/h1-6,17H,(H,12,13,14,16);;/q;2*+1/p-2. The fourth-order valence-corrected chi connectivity index (χ4v) is 1.65. The Kier molecular flexibility index (Phi) is 5.79. The van der Waals surface area contributed by atoms with Gasteiger partial charge in [0.05, 0.1) is 0 Å². The molecule has 0 N–H and O–H groups in total. The second-order valence-corrected chi connectivity index (χ2v) is 3.43. The summed E-state index contributed by atoms with van der Waals surface area (Å²) in [6.07, 6.45) is 1.19. The molecule has 6 nitrogen and oxygen atoms in total. The van der Waals surface area contributed by atoms with Crippen LogP contribution >= 0.6 is 0 Å². The van der Waals surface area contributed by atoms with E-state index in [9.17, 15) is 10.2 Å². The summed E-state index contributed by atoms with van der Waals surface area (Å²) >= 11 is 0. The maximum Gasteiger partial charge on any atom is 1.00 e. The van der Waals surface area contributed by atoms with Crippen molar-refractivity contribution in [1.29, 1.82) is 0 Å². The normalized spacial score (nSPS) is 9.68. The summed E-state index contributed by atoms with van der Waals surface area (Å²) in [5.41, 5.74) is 0.552. The Morgan fingerprint density at radius 3 is 2.37 bits per heavy atom. The monoisotopic (exact) mass is 272 g/mol. The van der Waals surface area contributed by atoms with Crippen LogP contribution in [0, 0.1) is 0 Å². The average molecular weight is 272 g/mol. The molecular weight excluding hydrogens is 266 g/mol. The van der Waals surface area contributed by atoms with Crippen molar-refractivity contribution in [3.8, 4) is 22.9 Å². The molecule has 0 fully saturated rings. The molecule has 1 aromatic carbocycles. The van der Waals surface area contributed by atoms with E-state index in [-0.39, 0.29) is 70.5 Å². The first kappa shape index (κ1) is 16.4. The quantitative estimate of drug-likeness (QED) is 0.411. The molecule has 0 saturated carbocycles. The molecule has 2 heterocycles. The van der Waals surface area contributed by atoms with Gasteiger partial charge in [-0.1, -0.05) is 30.3 Å². The Morgan fingerprint density at radius 2 is 1.68 bits per heavy atom. The molecule has 3 aromatic rings. The zero-order chi connectivity index (χ0) is 11.8. The molecule has 0 bridgehead atoms. The van der Waals surface area contributed by atoms with Gasteiger partial charge in [-0.2, -0.15) is 10.1 Å². The van der Waals surface area contributed by atoms with Crippen LogP contribution in [-0.2, 0) is 0 Å². The van der Waals surface area contributed by atoms with Gasteiger partial charge in [0, 0.05) is 17.3 Å². The van der Waals surface area contributed by atoms with E-state index in [1.807, 2.05) is 0 Å². The molecular formula is C11H6N4Na2O2. The number of benzene rings is 1. The van der Waals surface area contributed by atoms with Gasteiger partial charge in [-0.05, 0) is 5.56 Å². The number of rotatable bonds is 1. The van der Waals surface area contributed by atoms with Crippen LogP contribution in [0.15, 0.2) is 36.7 Å². The predicted octanol–water partition coefficient (Wildman–Crippen LogP) is -6.05. The Morgan fingerprint density at radius 1 is 1.00 bits per heavy atom. The number of hydrogen-bond donors (Lipinski definition) is 0. The SMILES string of the molecule is [Na+].[Na+].[O-]c1nc2ncnn2c([O-])c1-c1ccccc1. The van der Waals surface area contributed by atoms with E-state index in [2.05, 4.69) is 15.1 Å². The molecule has 8 heteroatoms. The van der Waals surface area contributed by atoms with E-state index in [0.717, 1.165) is 4.52 Å². The van der Waals surface area contributed by atoms with Crippen LogP contribution in [0.4, 0.5) is 0 Å². The number of aromatic nitrogens is 4. The van der Waals surface area contributed by atoms with Crippen molar-refractivity contribution in [3.05, 3.63) is 36.7 Å². The fraction of sp³-hybridized carbons (Fsp3) is 0. The Hall–Kier alpha value is -0.630. The van der Waals surface area contributed by atoms with Gasteiger partial charge in [-0.3, -0.25) is 0 Å².